The number of para-hydroxylation sites is 2. The van der Waals surface area contributed by atoms with E-state index in [1.165, 1.54) is 6.07 Å². The van der Waals surface area contributed by atoms with Crippen LogP contribution >= 0.6 is 0 Å². The first-order valence-corrected chi connectivity index (χ1v) is 7.46. The van der Waals surface area contributed by atoms with Crippen LogP contribution in [0.1, 0.15) is 30.9 Å². The molecule has 8 heteroatoms. The number of amides is 1. The topological polar surface area (TPSA) is 113 Å². The van der Waals surface area contributed by atoms with Gasteiger partial charge in [-0.3, -0.25) is 20.0 Å². The van der Waals surface area contributed by atoms with Gasteiger partial charge in [0.05, 0.1) is 4.92 Å². The number of nitro benzene ring substituents is 1. The number of nitrogens with one attached hydrogen (secondary N) is 3. The Balaban J connectivity index is 1.48. The highest BCUT2D eigenvalue weighted by atomic mass is 16.6. The van der Waals surface area contributed by atoms with Crippen molar-refractivity contribution in [3.05, 3.63) is 46.1 Å². The van der Waals surface area contributed by atoms with Crippen LogP contribution in [0.15, 0.2) is 30.3 Å². The van der Waals surface area contributed by atoms with Crippen molar-refractivity contribution in [3.63, 3.8) is 0 Å². The van der Waals surface area contributed by atoms with E-state index in [4.69, 9.17) is 0 Å². The Morgan fingerprint density at radius 3 is 2.91 bits per heavy atom. The van der Waals surface area contributed by atoms with Gasteiger partial charge in [-0.15, -0.1) is 0 Å². The number of aromatic amines is 1. The summed E-state index contributed by atoms with van der Waals surface area (Å²) in [5.41, 5.74) is 1.45. The molecular formula is C15H17N5O3. The fraction of sp³-hybridized carbons (Fsp3) is 0.333. The molecule has 1 amide bonds. The molecule has 1 aliphatic rings. The summed E-state index contributed by atoms with van der Waals surface area (Å²) in [7, 11) is 0. The number of hydrogen-bond acceptors (Lipinski definition) is 5. The lowest BCUT2D eigenvalue weighted by Crippen LogP contribution is -2.16. The molecule has 1 fully saturated rings. The molecule has 1 aliphatic carbocycles. The third-order valence-electron chi connectivity index (χ3n) is 3.65. The van der Waals surface area contributed by atoms with Crippen LogP contribution in [0.5, 0.6) is 0 Å². The molecule has 2 aromatic rings. The molecule has 0 spiro atoms. The van der Waals surface area contributed by atoms with E-state index >= 15 is 0 Å². The molecule has 0 radical (unpaired) electrons. The van der Waals surface area contributed by atoms with Gasteiger partial charge < -0.3 is 10.6 Å². The van der Waals surface area contributed by atoms with E-state index in [9.17, 15) is 14.9 Å². The first-order valence-electron chi connectivity index (χ1n) is 7.46. The van der Waals surface area contributed by atoms with Crippen molar-refractivity contribution in [2.24, 2.45) is 0 Å². The van der Waals surface area contributed by atoms with Crippen molar-refractivity contribution in [2.45, 2.75) is 25.2 Å². The number of nitrogens with zero attached hydrogens (tertiary/aromatic N) is 2. The third-order valence-corrected chi connectivity index (χ3v) is 3.65. The second kappa shape index (κ2) is 6.47. The first kappa shape index (κ1) is 15.0. The van der Waals surface area contributed by atoms with Crippen molar-refractivity contribution in [2.75, 3.05) is 17.2 Å². The fourth-order valence-electron chi connectivity index (χ4n) is 2.30. The lowest BCUT2D eigenvalue weighted by molar-refractivity contribution is -0.384. The van der Waals surface area contributed by atoms with Gasteiger partial charge in [0.25, 0.3) is 5.69 Å². The van der Waals surface area contributed by atoms with E-state index < -0.39 is 4.92 Å². The SMILES string of the molecule is O=C(CCNc1ccccc1[N+](=O)[O-])Nc1cc(C2CC2)[nH]n1. The molecule has 0 atom stereocenters. The predicted octanol–water partition coefficient (Wildman–Crippen LogP) is 2.64. The molecular weight excluding hydrogens is 298 g/mol. The summed E-state index contributed by atoms with van der Waals surface area (Å²) < 4.78 is 0. The standard InChI is InChI=1S/C15H17N5O3/c21-15(17-14-9-12(18-19-14)10-5-6-10)7-8-16-11-3-1-2-4-13(11)20(22)23/h1-4,9-10,16H,5-8H2,(H2,17,18,19,21). The van der Waals surface area contributed by atoms with Crippen molar-refractivity contribution in [1.82, 2.24) is 10.2 Å². The molecule has 0 unspecified atom stereocenters. The molecule has 0 bridgehead atoms. The number of carbonyl (C=O) groups is 1. The van der Waals surface area contributed by atoms with Gasteiger partial charge in [0.1, 0.15) is 5.69 Å². The second-order valence-corrected chi connectivity index (χ2v) is 5.48. The smallest absolute Gasteiger partial charge is 0.292 e. The van der Waals surface area contributed by atoms with E-state index in [2.05, 4.69) is 20.8 Å². The van der Waals surface area contributed by atoms with Crippen LogP contribution in [-0.2, 0) is 4.79 Å². The number of anilines is 2. The van der Waals surface area contributed by atoms with Gasteiger partial charge in [0.2, 0.25) is 5.91 Å². The quantitative estimate of drug-likeness (QED) is 0.537. The van der Waals surface area contributed by atoms with Gasteiger partial charge in [-0.2, -0.15) is 5.10 Å². The summed E-state index contributed by atoms with van der Waals surface area (Å²) in [6.07, 6.45) is 2.52. The summed E-state index contributed by atoms with van der Waals surface area (Å²) >= 11 is 0. The molecule has 23 heavy (non-hydrogen) atoms. The molecule has 3 N–H and O–H groups in total. The number of nitro groups is 1. The third kappa shape index (κ3) is 3.85. The van der Waals surface area contributed by atoms with E-state index in [1.807, 2.05) is 6.07 Å². The number of H-pyrrole nitrogens is 1. The molecule has 3 rings (SSSR count). The monoisotopic (exact) mass is 315 g/mol. The minimum atomic E-state index is -0.453. The zero-order valence-corrected chi connectivity index (χ0v) is 12.4. The summed E-state index contributed by atoms with van der Waals surface area (Å²) in [6.45, 7) is 0.302. The van der Waals surface area contributed by atoms with E-state index in [1.54, 1.807) is 18.2 Å². The van der Waals surface area contributed by atoms with Crippen LogP contribution < -0.4 is 10.6 Å². The number of carbonyl (C=O) groups excluding carboxylic acids is 1. The maximum Gasteiger partial charge on any atom is 0.292 e. The number of hydrogen-bond donors (Lipinski definition) is 3. The summed E-state index contributed by atoms with van der Waals surface area (Å²) in [6, 6.07) is 8.20. The largest absolute Gasteiger partial charge is 0.379 e. The Morgan fingerprint density at radius 2 is 2.17 bits per heavy atom. The summed E-state index contributed by atoms with van der Waals surface area (Å²) in [4.78, 5) is 22.3. The Labute approximate surface area is 132 Å². The second-order valence-electron chi connectivity index (χ2n) is 5.48. The molecule has 1 aromatic carbocycles. The molecule has 120 valence electrons. The van der Waals surface area contributed by atoms with Gasteiger partial charge in [-0.25, -0.2) is 0 Å². The molecule has 8 nitrogen and oxygen atoms in total. The van der Waals surface area contributed by atoms with Gasteiger partial charge in [0.15, 0.2) is 5.82 Å². The average molecular weight is 315 g/mol. The highest BCUT2D eigenvalue weighted by Gasteiger charge is 2.25. The average Bonchev–Trinajstić information content (AvgIpc) is 3.28. The number of aromatic nitrogens is 2. The minimum Gasteiger partial charge on any atom is -0.379 e. The van der Waals surface area contributed by atoms with Crippen molar-refractivity contribution < 1.29 is 9.72 Å². The van der Waals surface area contributed by atoms with Crippen LogP contribution in [-0.4, -0.2) is 27.6 Å². The normalized spacial score (nSPS) is 13.6. The Hall–Kier alpha value is -2.90. The minimum absolute atomic E-state index is 0.00529. The van der Waals surface area contributed by atoms with Gasteiger partial charge in [0, 0.05) is 36.7 Å². The lowest BCUT2D eigenvalue weighted by atomic mass is 10.2. The highest BCUT2D eigenvalue weighted by Crippen LogP contribution is 2.39. The van der Waals surface area contributed by atoms with Gasteiger partial charge in [-0.1, -0.05) is 12.1 Å². The zero-order chi connectivity index (χ0) is 16.2. The van der Waals surface area contributed by atoms with E-state index in [0.717, 1.165) is 18.5 Å². The van der Waals surface area contributed by atoms with Gasteiger partial charge >= 0.3 is 0 Å². The summed E-state index contributed by atoms with van der Waals surface area (Å²) in [5, 5.41) is 23.5. The number of rotatable bonds is 7. The van der Waals surface area contributed by atoms with E-state index in [0.29, 0.717) is 24.0 Å². The molecule has 0 aliphatic heterocycles. The first-order chi connectivity index (χ1) is 11.1. The van der Waals surface area contributed by atoms with Crippen LogP contribution in [0, 0.1) is 10.1 Å². The Kier molecular flexibility index (Phi) is 4.22. The van der Waals surface area contributed by atoms with E-state index in [-0.39, 0.29) is 18.0 Å². The summed E-state index contributed by atoms with van der Waals surface area (Å²) in [5.74, 6) is 0.876. The molecule has 0 saturated heterocycles. The van der Waals surface area contributed by atoms with Crippen molar-refractivity contribution in [3.8, 4) is 0 Å². The van der Waals surface area contributed by atoms with Crippen LogP contribution in [0.4, 0.5) is 17.2 Å². The van der Waals surface area contributed by atoms with Crippen LogP contribution in [0.2, 0.25) is 0 Å². The van der Waals surface area contributed by atoms with Gasteiger partial charge in [-0.05, 0) is 18.9 Å². The lowest BCUT2D eigenvalue weighted by Gasteiger charge is -2.06. The van der Waals surface area contributed by atoms with Crippen molar-refractivity contribution in [1.29, 1.82) is 0 Å². The van der Waals surface area contributed by atoms with Crippen molar-refractivity contribution >= 4 is 23.1 Å². The predicted molar refractivity (Wildman–Crippen MR) is 85.4 cm³/mol. The molecule has 1 saturated carbocycles. The fourth-order valence-corrected chi connectivity index (χ4v) is 2.30. The van der Waals surface area contributed by atoms with Crippen LogP contribution in [0.25, 0.3) is 0 Å². The number of benzene rings is 1. The van der Waals surface area contributed by atoms with Crippen LogP contribution in [0.3, 0.4) is 0 Å². The molecule has 1 heterocycles. The zero-order valence-electron chi connectivity index (χ0n) is 12.4. The Morgan fingerprint density at radius 1 is 1.39 bits per heavy atom. The maximum atomic E-state index is 11.9. The maximum absolute atomic E-state index is 11.9. The molecule has 1 aromatic heterocycles. The Bertz CT molecular complexity index is 723. The highest BCUT2D eigenvalue weighted by molar-refractivity contribution is 5.90.